The molecule has 0 radical (unpaired) electrons. The number of aryl methyl sites for hydroxylation is 2. The molecule has 0 aromatic carbocycles. The number of fused-ring (bicyclic) bond motifs is 4. The van der Waals surface area contributed by atoms with E-state index >= 15 is 0 Å². The Hall–Kier alpha value is -2.74. The molecule has 0 saturated heterocycles. The molecule has 0 fully saturated rings. The van der Waals surface area contributed by atoms with E-state index in [0.29, 0.717) is 5.39 Å². The molecule has 0 aliphatic carbocycles. The van der Waals surface area contributed by atoms with Crippen LogP contribution >= 0.6 is 0 Å². The second-order valence-corrected chi connectivity index (χ2v) is 6.43. The molecule has 4 rings (SSSR count). The highest BCUT2D eigenvalue weighted by atomic mass is 16.1. The molecule has 4 aromatic heterocycles. The molecular weight excluding hydrogens is 318 g/mol. The molecule has 4 aromatic rings. The Morgan fingerprint density at radius 3 is 2.76 bits per heavy atom. The van der Waals surface area contributed by atoms with Crippen LogP contribution in [0, 0.1) is 0 Å². The van der Waals surface area contributed by atoms with E-state index in [2.05, 4.69) is 38.7 Å². The maximum Gasteiger partial charge on any atom is 0.283 e. The summed E-state index contributed by atoms with van der Waals surface area (Å²) in [5.41, 5.74) is 2.35. The first-order valence-electron chi connectivity index (χ1n) is 8.47. The minimum atomic E-state index is -0.141. The van der Waals surface area contributed by atoms with Crippen LogP contribution in [0.25, 0.3) is 27.6 Å². The van der Waals surface area contributed by atoms with Crippen molar-refractivity contribution >= 4 is 27.6 Å². The van der Waals surface area contributed by atoms with Gasteiger partial charge in [-0.25, -0.2) is 9.67 Å². The summed E-state index contributed by atoms with van der Waals surface area (Å²) in [5, 5.41) is 10.1. The Kier molecular flexibility index (Phi) is 3.76. The molecule has 0 atom stereocenters. The summed E-state index contributed by atoms with van der Waals surface area (Å²) in [7, 11) is 4.12. The fraction of sp³-hybridized carbons (Fsp3) is 0.412. The smallest absolute Gasteiger partial charge is 0.283 e. The quantitative estimate of drug-likeness (QED) is 0.549. The molecule has 0 saturated carbocycles. The van der Waals surface area contributed by atoms with Gasteiger partial charge in [0.15, 0.2) is 5.65 Å². The van der Waals surface area contributed by atoms with E-state index in [-0.39, 0.29) is 5.56 Å². The lowest BCUT2D eigenvalue weighted by atomic mass is 10.2. The molecule has 8 heteroatoms. The summed E-state index contributed by atoms with van der Waals surface area (Å²) < 4.78 is 5.47. The molecular formula is C17H21N7O. The van der Waals surface area contributed by atoms with Gasteiger partial charge >= 0.3 is 0 Å². The van der Waals surface area contributed by atoms with Crippen molar-refractivity contribution in [1.82, 2.24) is 33.8 Å². The Labute approximate surface area is 144 Å². The monoisotopic (exact) mass is 339 g/mol. The van der Waals surface area contributed by atoms with Crippen molar-refractivity contribution in [2.75, 3.05) is 20.6 Å². The average molecular weight is 339 g/mol. The third-order valence-electron chi connectivity index (χ3n) is 4.52. The summed E-state index contributed by atoms with van der Waals surface area (Å²) in [4.78, 5) is 19.5. The number of pyridine rings is 1. The van der Waals surface area contributed by atoms with Gasteiger partial charge in [0, 0.05) is 25.4 Å². The molecule has 0 amide bonds. The predicted molar refractivity (Wildman–Crippen MR) is 96.9 cm³/mol. The van der Waals surface area contributed by atoms with Gasteiger partial charge in [-0.3, -0.25) is 4.79 Å². The van der Waals surface area contributed by atoms with Gasteiger partial charge in [0.05, 0.1) is 28.7 Å². The van der Waals surface area contributed by atoms with E-state index < -0.39 is 0 Å². The molecule has 130 valence electrons. The fourth-order valence-corrected chi connectivity index (χ4v) is 3.35. The molecule has 8 nitrogen and oxygen atoms in total. The SMILES string of the molecule is CCn1ncc2c1ncc1c(=O)n3nccc3n(CCCN(C)C)c12. The van der Waals surface area contributed by atoms with Crippen LogP contribution < -0.4 is 5.56 Å². The molecule has 25 heavy (non-hydrogen) atoms. The van der Waals surface area contributed by atoms with E-state index in [1.165, 1.54) is 4.52 Å². The lowest BCUT2D eigenvalue weighted by Gasteiger charge is -2.15. The first-order valence-corrected chi connectivity index (χ1v) is 8.47. The van der Waals surface area contributed by atoms with Crippen LogP contribution in [0.3, 0.4) is 0 Å². The van der Waals surface area contributed by atoms with Gasteiger partial charge in [-0.2, -0.15) is 14.7 Å². The van der Waals surface area contributed by atoms with Gasteiger partial charge in [-0.15, -0.1) is 0 Å². The number of hydrogen-bond donors (Lipinski definition) is 0. The van der Waals surface area contributed by atoms with E-state index in [4.69, 9.17) is 0 Å². The van der Waals surface area contributed by atoms with Gasteiger partial charge in [-0.1, -0.05) is 0 Å². The lowest BCUT2D eigenvalue weighted by molar-refractivity contribution is 0.388. The summed E-state index contributed by atoms with van der Waals surface area (Å²) in [6.07, 6.45) is 6.09. The van der Waals surface area contributed by atoms with E-state index in [9.17, 15) is 4.79 Å². The number of hydrogen-bond acceptors (Lipinski definition) is 5. The fourth-order valence-electron chi connectivity index (χ4n) is 3.35. The highest BCUT2D eigenvalue weighted by molar-refractivity contribution is 6.02. The summed E-state index contributed by atoms with van der Waals surface area (Å²) in [5.74, 6) is 0. The van der Waals surface area contributed by atoms with Crippen molar-refractivity contribution in [3.05, 3.63) is 35.0 Å². The molecule has 0 aliphatic rings. The highest BCUT2D eigenvalue weighted by Gasteiger charge is 2.16. The van der Waals surface area contributed by atoms with Crippen LogP contribution in [0.4, 0.5) is 0 Å². The number of aromatic nitrogens is 6. The maximum atomic E-state index is 12.8. The van der Waals surface area contributed by atoms with Gasteiger partial charge in [0.2, 0.25) is 0 Å². The third kappa shape index (κ3) is 2.41. The largest absolute Gasteiger partial charge is 0.325 e. The lowest BCUT2D eigenvalue weighted by Crippen LogP contribution is -2.21. The normalized spacial score (nSPS) is 12.2. The van der Waals surface area contributed by atoms with Crippen LogP contribution in [0.1, 0.15) is 13.3 Å². The molecule has 0 aliphatic heterocycles. The first-order chi connectivity index (χ1) is 12.1. The van der Waals surface area contributed by atoms with Gasteiger partial charge in [-0.05, 0) is 34.0 Å². The van der Waals surface area contributed by atoms with Crippen LogP contribution in [0.5, 0.6) is 0 Å². The van der Waals surface area contributed by atoms with E-state index in [1.54, 1.807) is 12.4 Å². The second-order valence-electron chi connectivity index (χ2n) is 6.43. The van der Waals surface area contributed by atoms with Crippen LogP contribution in [-0.2, 0) is 13.1 Å². The van der Waals surface area contributed by atoms with Gasteiger partial charge in [0.1, 0.15) is 5.65 Å². The molecule has 0 unspecified atom stereocenters. The number of nitrogens with zero attached hydrogens (tertiary/aromatic N) is 7. The maximum absolute atomic E-state index is 12.8. The summed E-state index contributed by atoms with van der Waals surface area (Å²) in [6, 6.07) is 1.88. The molecule has 0 N–H and O–H groups in total. The first kappa shape index (κ1) is 15.8. The van der Waals surface area contributed by atoms with Crippen LogP contribution in [0.2, 0.25) is 0 Å². The van der Waals surface area contributed by atoms with Gasteiger partial charge in [0.25, 0.3) is 5.56 Å². The summed E-state index contributed by atoms with van der Waals surface area (Å²) in [6.45, 7) is 4.53. The van der Waals surface area contributed by atoms with Gasteiger partial charge < -0.3 is 9.47 Å². The second kappa shape index (κ2) is 5.96. The van der Waals surface area contributed by atoms with E-state index in [0.717, 1.165) is 48.3 Å². The standard InChI is InChI=1S/C17H21N7O/c1-4-23-16-12(11-20-23)15-13(10-18-16)17(25)24-14(6-7-19-24)22(15)9-5-8-21(2)3/h6-7,10-11H,4-5,8-9H2,1-3H3. The molecule has 4 heterocycles. The van der Waals surface area contributed by atoms with Crippen molar-refractivity contribution < 1.29 is 0 Å². The number of rotatable bonds is 5. The minimum absolute atomic E-state index is 0.141. The molecule has 0 spiro atoms. The zero-order chi connectivity index (χ0) is 17.6. The topological polar surface area (TPSA) is 73.2 Å². The van der Waals surface area contributed by atoms with Crippen LogP contribution in [0.15, 0.2) is 29.5 Å². The zero-order valence-electron chi connectivity index (χ0n) is 14.7. The molecule has 0 bridgehead atoms. The van der Waals surface area contributed by atoms with Crippen molar-refractivity contribution in [1.29, 1.82) is 0 Å². The average Bonchev–Trinajstić information content (AvgIpc) is 3.23. The predicted octanol–water partition coefficient (Wildman–Crippen LogP) is 1.37. The zero-order valence-corrected chi connectivity index (χ0v) is 14.7. The van der Waals surface area contributed by atoms with Crippen molar-refractivity contribution in [3.8, 4) is 0 Å². The highest BCUT2D eigenvalue weighted by Crippen LogP contribution is 2.23. The van der Waals surface area contributed by atoms with E-state index in [1.807, 2.05) is 23.9 Å². The van der Waals surface area contributed by atoms with Crippen molar-refractivity contribution in [2.24, 2.45) is 0 Å². The van der Waals surface area contributed by atoms with Crippen molar-refractivity contribution in [2.45, 2.75) is 26.4 Å². The van der Waals surface area contributed by atoms with Crippen molar-refractivity contribution in [3.63, 3.8) is 0 Å². The Morgan fingerprint density at radius 2 is 2.00 bits per heavy atom. The Bertz CT molecular complexity index is 1120. The minimum Gasteiger partial charge on any atom is -0.325 e. The van der Waals surface area contributed by atoms with Crippen LogP contribution in [-0.4, -0.2) is 54.5 Å². The third-order valence-corrected chi connectivity index (χ3v) is 4.52. The Morgan fingerprint density at radius 1 is 1.16 bits per heavy atom. The summed E-state index contributed by atoms with van der Waals surface area (Å²) >= 11 is 0. The Balaban J connectivity index is 2.05.